The zero-order chi connectivity index (χ0) is 12.5. The first-order valence-electron chi connectivity index (χ1n) is 6.99. The molecule has 4 heteroatoms. The predicted octanol–water partition coefficient (Wildman–Crippen LogP) is 2.96. The third-order valence-corrected chi connectivity index (χ3v) is 3.16. The van der Waals surface area contributed by atoms with Crippen molar-refractivity contribution in [1.82, 2.24) is 9.97 Å². The van der Waals surface area contributed by atoms with Gasteiger partial charge in [-0.05, 0) is 31.6 Å². The van der Waals surface area contributed by atoms with E-state index < -0.39 is 0 Å². The van der Waals surface area contributed by atoms with E-state index in [2.05, 4.69) is 29.1 Å². The van der Waals surface area contributed by atoms with E-state index in [1.165, 1.54) is 25.7 Å². The molecule has 1 N–H and O–H groups in total. The minimum absolute atomic E-state index is 0.518. The maximum Gasteiger partial charge on any atom is 0.218 e. The maximum absolute atomic E-state index is 5.74. The Morgan fingerprint density at radius 3 is 2.67 bits per heavy atom. The lowest BCUT2D eigenvalue weighted by Crippen LogP contribution is -2.10. The Kier molecular flexibility index (Phi) is 3.10. The molecule has 3 rings (SSSR count). The Morgan fingerprint density at radius 2 is 2.06 bits per heavy atom. The van der Waals surface area contributed by atoms with Gasteiger partial charge in [0.05, 0.1) is 6.61 Å². The molecule has 2 aliphatic carbocycles. The van der Waals surface area contributed by atoms with Crippen molar-refractivity contribution < 1.29 is 4.74 Å². The van der Waals surface area contributed by atoms with E-state index in [0.717, 1.165) is 17.5 Å². The van der Waals surface area contributed by atoms with Gasteiger partial charge in [0, 0.05) is 18.0 Å². The average molecular weight is 247 g/mol. The molecule has 1 aromatic rings. The second-order valence-electron chi connectivity index (χ2n) is 5.85. The molecule has 0 aliphatic heterocycles. The molecule has 1 aromatic heterocycles. The maximum atomic E-state index is 5.74. The van der Waals surface area contributed by atoms with Crippen LogP contribution in [-0.4, -0.2) is 22.6 Å². The molecule has 2 saturated carbocycles. The lowest BCUT2D eigenvalue weighted by Gasteiger charge is -2.11. The fourth-order valence-electron chi connectivity index (χ4n) is 1.80. The number of hydrogen-bond donors (Lipinski definition) is 1. The Morgan fingerprint density at radius 1 is 1.28 bits per heavy atom. The Bertz CT molecular complexity index is 425. The van der Waals surface area contributed by atoms with Crippen molar-refractivity contribution in [2.75, 3.05) is 11.9 Å². The lowest BCUT2D eigenvalue weighted by molar-refractivity contribution is 0.260. The van der Waals surface area contributed by atoms with Crippen LogP contribution in [0.15, 0.2) is 6.07 Å². The van der Waals surface area contributed by atoms with Crippen molar-refractivity contribution >= 4 is 5.82 Å². The van der Waals surface area contributed by atoms with Crippen molar-refractivity contribution in [1.29, 1.82) is 0 Å². The molecule has 2 fully saturated rings. The summed E-state index contributed by atoms with van der Waals surface area (Å²) in [6, 6.07) is 2.55. The van der Waals surface area contributed by atoms with E-state index in [1.807, 2.05) is 6.07 Å². The number of nitrogens with zero attached hydrogens (tertiary/aromatic N) is 2. The van der Waals surface area contributed by atoms with Gasteiger partial charge in [0.25, 0.3) is 0 Å². The van der Waals surface area contributed by atoms with Crippen molar-refractivity contribution in [3.63, 3.8) is 0 Å². The van der Waals surface area contributed by atoms with E-state index in [4.69, 9.17) is 4.74 Å². The van der Waals surface area contributed by atoms with E-state index in [9.17, 15) is 0 Å². The summed E-state index contributed by atoms with van der Waals surface area (Å²) in [6.07, 6.45) is 4.95. The number of aromatic nitrogens is 2. The van der Waals surface area contributed by atoms with Gasteiger partial charge in [0.2, 0.25) is 5.88 Å². The molecule has 0 atom stereocenters. The van der Waals surface area contributed by atoms with Gasteiger partial charge in [-0.3, -0.25) is 0 Å². The Hall–Kier alpha value is -1.32. The minimum Gasteiger partial charge on any atom is -0.477 e. The highest BCUT2D eigenvalue weighted by Gasteiger charge is 2.28. The van der Waals surface area contributed by atoms with E-state index in [-0.39, 0.29) is 0 Å². The van der Waals surface area contributed by atoms with Gasteiger partial charge in [0.1, 0.15) is 11.6 Å². The first-order valence-corrected chi connectivity index (χ1v) is 6.99. The summed E-state index contributed by atoms with van der Waals surface area (Å²) < 4.78 is 5.74. The topological polar surface area (TPSA) is 47.0 Å². The molecule has 0 radical (unpaired) electrons. The number of anilines is 1. The van der Waals surface area contributed by atoms with Crippen LogP contribution in [-0.2, 0) is 0 Å². The van der Waals surface area contributed by atoms with Crippen molar-refractivity contribution in [2.45, 2.75) is 51.5 Å². The third kappa shape index (κ3) is 3.12. The van der Waals surface area contributed by atoms with Crippen molar-refractivity contribution in [2.24, 2.45) is 5.92 Å². The summed E-state index contributed by atoms with van der Waals surface area (Å²) in [5.74, 6) is 3.70. The van der Waals surface area contributed by atoms with Gasteiger partial charge >= 0.3 is 0 Å². The van der Waals surface area contributed by atoms with Crippen LogP contribution < -0.4 is 10.1 Å². The fraction of sp³-hybridized carbons (Fsp3) is 0.714. The van der Waals surface area contributed by atoms with Gasteiger partial charge < -0.3 is 10.1 Å². The minimum atomic E-state index is 0.518. The molecule has 1 heterocycles. The van der Waals surface area contributed by atoms with E-state index in [1.54, 1.807) is 0 Å². The number of nitrogens with one attached hydrogen (secondary N) is 1. The van der Waals surface area contributed by atoms with Gasteiger partial charge in [-0.1, -0.05) is 13.8 Å². The van der Waals surface area contributed by atoms with Crippen LogP contribution in [0.3, 0.4) is 0 Å². The number of rotatable bonds is 6. The van der Waals surface area contributed by atoms with E-state index >= 15 is 0 Å². The monoisotopic (exact) mass is 247 g/mol. The SMILES string of the molecule is CC(C)COc1cc(NC2CC2)nc(C2CC2)n1. The fourth-order valence-corrected chi connectivity index (χ4v) is 1.80. The van der Waals surface area contributed by atoms with Crippen molar-refractivity contribution in [3.05, 3.63) is 11.9 Å². The first kappa shape index (κ1) is 11.8. The van der Waals surface area contributed by atoms with Crippen LogP contribution in [0.25, 0.3) is 0 Å². The zero-order valence-corrected chi connectivity index (χ0v) is 11.1. The largest absolute Gasteiger partial charge is 0.477 e. The van der Waals surface area contributed by atoms with Gasteiger partial charge in [-0.2, -0.15) is 4.98 Å². The number of hydrogen-bond acceptors (Lipinski definition) is 4. The lowest BCUT2D eigenvalue weighted by atomic mass is 10.2. The molecule has 0 amide bonds. The summed E-state index contributed by atoms with van der Waals surface area (Å²) >= 11 is 0. The molecule has 0 unspecified atom stereocenters. The first-order chi connectivity index (χ1) is 8.70. The highest BCUT2D eigenvalue weighted by molar-refractivity contribution is 5.41. The Balaban J connectivity index is 1.75. The number of ether oxygens (including phenoxy) is 1. The van der Waals surface area contributed by atoms with Crippen LogP contribution in [0, 0.1) is 5.92 Å². The molecule has 0 spiro atoms. The highest BCUT2D eigenvalue weighted by Crippen LogP contribution is 2.39. The van der Waals surface area contributed by atoms with Gasteiger partial charge in [0.15, 0.2) is 0 Å². The second kappa shape index (κ2) is 4.75. The van der Waals surface area contributed by atoms with Crippen molar-refractivity contribution in [3.8, 4) is 5.88 Å². The molecule has 98 valence electrons. The summed E-state index contributed by atoms with van der Waals surface area (Å²) in [5.41, 5.74) is 0. The smallest absolute Gasteiger partial charge is 0.218 e. The summed E-state index contributed by atoms with van der Waals surface area (Å²) in [4.78, 5) is 9.12. The van der Waals surface area contributed by atoms with Crippen LogP contribution in [0.4, 0.5) is 5.82 Å². The van der Waals surface area contributed by atoms with E-state index in [0.29, 0.717) is 24.5 Å². The van der Waals surface area contributed by atoms with Crippen LogP contribution in [0.2, 0.25) is 0 Å². The quantitative estimate of drug-likeness (QED) is 0.839. The van der Waals surface area contributed by atoms with Gasteiger partial charge in [-0.25, -0.2) is 4.98 Å². The molecule has 0 bridgehead atoms. The average Bonchev–Trinajstić information content (AvgIpc) is 3.18. The van der Waals surface area contributed by atoms with Gasteiger partial charge in [-0.15, -0.1) is 0 Å². The normalized spacial score (nSPS) is 19.1. The molecule has 4 nitrogen and oxygen atoms in total. The second-order valence-corrected chi connectivity index (χ2v) is 5.85. The van der Waals surface area contributed by atoms with Crippen LogP contribution in [0.1, 0.15) is 51.3 Å². The molecule has 18 heavy (non-hydrogen) atoms. The summed E-state index contributed by atoms with van der Waals surface area (Å²) in [6.45, 7) is 5.00. The Labute approximate surface area is 108 Å². The van der Waals surface area contributed by atoms with Crippen LogP contribution in [0.5, 0.6) is 5.88 Å². The third-order valence-electron chi connectivity index (χ3n) is 3.16. The summed E-state index contributed by atoms with van der Waals surface area (Å²) in [5, 5.41) is 3.44. The summed E-state index contributed by atoms with van der Waals surface area (Å²) in [7, 11) is 0. The molecule has 2 aliphatic rings. The standard InChI is InChI=1S/C14H21N3O/c1-9(2)8-18-13-7-12(15-11-5-6-11)16-14(17-13)10-3-4-10/h7,9-11H,3-6,8H2,1-2H3,(H,15,16,17). The predicted molar refractivity (Wildman–Crippen MR) is 71.0 cm³/mol. The molecule has 0 saturated heterocycles. The molecule has 0 aromatic carbocycles. The highest BCUT2D eigenvalue weighted by atomic mass is 16.5. The van der Waals surface area contributed by atoms with Crippen LogP contribution >= 0.6 is 0 Å². The zero-order valence-electron chi connectivity index (χ0n) is 11.1. The molecular weight excluding hydrogens is 226 g/mol. The molecular formula is C14H21N3O.